The van der Waals surface area contributed by atoms with Crippen molar-refractivity contribution in [3.63, 3.8) is 0 Å². The van der Waals surface area contributed by atoms with Crippen molar-refractivity contribution in [3.8, 4) is 0 Å². The first-order chi connectivity index (χ1) is 17.0. The molecule has 1 unspecified atom stereocenters. The predicted octanol–water partition coefficient (Wildman–Crippen LogP) is 4.11. The minimum absolute atomic E-state index is 0.0192. The highest BCUT2D eigenvalue weighted by atomic mass is 35.5. The maximum Gasteiger partial charge on any atom is 0.320 e. The molecule has 4 heterocycles. The van der Waals surface area contributed by atoms with Crippen LogP contribution in [0.2, 0.25) is 5.02 Å². The first-order valence-electron chi connectivity index (χ1n) is 11.9. The van der Waals surface area contributed by atoms with E-state index in [-0.39, 0.29) is 11.1 Å². The van der Waals surface area contributed by atoms with Gasteiger partial charge in [-0.15, -0.1) is 0 Å². The van der Waals surface area contributed by atoms with Gasteiger partial charge in [0.15, 0.2) is 5.82 Å². The number of piperidine rings is 2. The number of carboxylic acids is 1. The normalized spacial score (nSPS) is 19.7. The second-order valence-electron chi connectivity index (χ2n) is 9.16. The quantitative estimate of drug-likeness (QED) is 0.518. The van der Waals surface area contributed by atoms with E-state index < -0.39 is 11.8 Å². The standard InChI is InChI=1S/C24H27ClFN7O2/c25-17-11-16(4-5-18(17)26)30-22-21-19(28-14-29-22)12-27-24(31-21)32-9-6-15(7-10-32)13-33-8-2-1-3-20(33)23(34)35/h4-5,11-12,14-15,20H,1-3,6-10,13H2,(H,34,35)(H,28,29,30). The van der Waals surface area contributed by atoms with Gasteiger partial charge in [-0.25, -0.2) is 24.3 Å². The lowest BCUT2D eigenvalue weighted by Crippen LogP contribution is -2.48. The van der Waals surface area contributed by atoms with Crippen molar-refractivity contribution in [2.24, 2.45) is 5.92 Å². The summed E-state index contributed by atoms with van der Waals surface area (Å²) in [6, 6.07) is 4.02. The van der Waals surface area contributed by atoms with E-state index in [1.807, 2.05) is 0 Å². The third-order valence-corrected chi connectivity index (χ3v) is 7.13. The molecule has 2 fully saturated rings. The number of nitrogens with zero attached hydrogens (tertiary/aromatic N) is 6. The number of carboxylic acid groups (broad SMARTS) is 1. The van der Waals surface area contributed by atoms with Crippen molar-refractivity contribution in [1.29, 1.82) is 0 Å². The zero-order valence-electron chi connectivity index (χ0n) is 19.2. The van der Waals surface area contributed by atoms with E-state index >= 15 is 0 Å². The molecule has 1 atom stereocenters. The van der Waals surface area contributed by atoms with Gasteiger partial charge >= 0.3 is 5.97 Å². The number of aromatic nitrogens is 4. The Labute approximate surface area is 207 Å². The zero-order valence-corrected chi connectivity index (χ0v) is 20.0. The molecular weight excluding hydrogens is 473 g/mol. The third-order valence-electron chi connectivity index (χ3n) is 6.84. The van der Waals surface area contributed by atoms with Crippen LogP contribution in [-0.4, -0.2) is 68.1 Å². The second kappa shape index (κ2) is 10.2. The molecule has 1 aromatic carbocycles. The summed E-state index contributed by atoms with van der Waals surface area (Å²) >= 11 is 5.91. The molecule has 2 N–H and O–H groups in total. The SMILES string of the molecule is O=C(O)C1CCCCN1CC1CCN(c2ncc3ncnc(Nc4ccc(F)c(Cl)c4)c3n2)CC1. The predicted molar refractivity (Wildman–Crippen MR) is 132 cm³/mol. The van der Waals surface area contributed by atoms with E-state index in [1.54, 1.807) is 12.3 Å². The molecule has 9 nitrogen and oxygen atoms in total. The Balaban J connectivity index is 1.28. The molecule has 35 heavy (non-hydrogen) atoms. The number of fused-ring (bicyclic) bond motifs is 1. The van der Waals surface area contributed by atoms with E-state index in [1.165, 1.54) is 18.5 Å². The first-order valence-corrected chi connectivity index (χ1v) is 12.3. The summed E-state index contributed by atoms with van der Waals surface area (Å²) in [6.45, 7) is 3.28. The fourth-order valence-corrected chi connectivity index (χ4v) is 5.12. The van der Waals surface area contributed by atoms with Crippen LogP contribution in [-0.2, 0) is 4.79 Å². The number of rotatable bonds is 6. The van der Waals surface area contributed by atoms with E-state index in [2.05, 4.69) is 30.1 Å². The molecule has 5 rings (SSSR count). The summed E-state index contributed by atoms with van der Waals surface area (Å²) in [4.78, 5) is 33.8. The third kappa shape index (κ3) is 5.28. The Hall–Kier alpha value is -3.11. The smallest absolute Gasteiger partial charge is 0.320 e. The molecule has 0 radical (unpaired) electrons. The zero-order chi connectivity index (χ0) is 24.4. The molecular formula is C24H27ClFN7O2. The van der Waals surface area contributed by atoms with Crippen LogP contribution in [0.25, 0.3) is 11.0 Å². The van der Waals surface area contributed by atoms with Crippen LogP contribution in [0.15, 0.2) is 30.7 Å². The van der Waals surface area contributed by atoms with Gasteiger partial charge in [0.1, 0.15) is 29.2 Å². The van der Waals surface area contributed by atoms with Crippen LogP contribution >= 0.6 is 11.6 Å². The molecule has 2 aliphatic rings. The monoisotopic (exact) mass is 499 g/mol. The van der Waals surface area contributed by atoms with Gasteiger partial charge < -0.3 is 15.3 Å². The highest BCUT2D eigenvalue weighted by molar-refractivity contribution is 6.31. The Kier molecular flexibility index (Phi) is 6.92. The van der Waals surface area contributed by atoms with Gasteiger partial charge in [-0.1, -0.05) is 18.0 Å². The number of hydrogen-bond acceptors (Lipinski definition) is 8. The van der Waals surface area contributed by atoms with Crippen molar-refractivity contribution >= 4 is 46.1 Å². The molecule has 2 saturated heterocycles. The number of hydrogen-bond donors (Lipinski definition) is 2. The first kappa shape index (κ1) is 23.6. The minimum atomic E-state index is -0.707. The largest absolute Gasteiger partial charge is 0.480 e. The number of aliphatic carboxylic acids is 1. The molecule has 0 bridgehead atoms. The van der Waals surface area contributed by atoms with Crippen LogP contribution < -0.4 is 10.2 Å². The highest BCUT2D eigenvalue weighted by Gasteiger charge is 2.31. The van der Waals surface area contributed by atoms with Gasteiger partial charge in [0.2, 0.25) is 5.95 Å². The van der Waals surface area contributed by atoms with Gasteiger partial charge in [0.25, 0.3) is 0 Å². The molecule has 0 spiro atoms. The summed E-state index contributed by atoms with van der Waals surface area (Å²) in [6.07, 6.45) is 7.80. The van der Waals surface area contributed by atoms with E-state index in [0.717, 1.165) is 58.3 Å². The van der Waals surface area contributed by atoms with E-state index in [0.29, 0.717) is 34.4 Å². The van der Waals surface area contributed by atoms with Crippen LogP contribution in [0, 0.1) is 11.7 Å². The van der Waals surface area contributed by atoms with Gasteiger partial charge in [-0.05, 0) is 56.3 Å². The van der Waals surface area contributed by atoms with E-state index in [9.17, 15) is 14.3 Å². The summed E-state index contributed by atoms with van der Waals surface area (Å²) < 4.78 is 13.5. The minimum Gasteiger partial charge on any atom is -0.480 e. The molecule has 184 valence electrons. The summed E-state index contributed by atoms with van der Waals surface area (Å²) in [5.41, 5.74) is 1.76. The van der Waals surface area contributed by atoms with Crippen molar-refractivity contribution in [2.75, 3.05) is 36.4 Å². The average molecular weight is 500 g/mol. The van der Waals surface area contributed by atoms with Crippen LogP contribution in [0.5, 0.6) is 0 Å². The number of likely N-dealkylation sites (tertiary alicyclic amines) is 1. The summed E-state index contributed by atoms with van der Waals surface area (Å²) in [5, 5.41) is 12.7. The van der Waals surface area contributed by atoms with Gasteiger partial charge in [0, 0.05) is 25.3 Å². The number of anilines is 3. The fraction of sp³-hybridized carbons (Fsp3) is 0.458. The molecule has 2 aliphatic heterocycles. The summed E-state index contributed by atoms with van der Waals surface area (Å²) in [5.74, 6) is 0.349. The lowest BCUT2D eigenvalue weighted by atomic mass is 9.93. The lowest BCUT2D eigenvalue weighted by Gasteiger charge is -2.38. The van der Waals surface area contributed by atoms with E-state index in [4.69, 9.17) is 16.6 Å². The maximum absolute atomic E-state index is 13.5. The second-order valence-corrected chi connectivity index (χ2v) is 9.56. The Morgan fingerprint density at radius 1 is 1.14 bits per heavy atom. The fourth-order valence-electron chi connectivity index (χ4n) is 4.94. The molecule has 3 aromatic rings. The Bertz CT molecular complexity index is 1220. The molecule has 2 aromatic heterocycles. The van der Waals surface area contributed by atoms with Gasteiger partial charge in [-0.2, -0.15) is 0 Å². The number of halogens is 2. The Morgan fingerprint density at radius 2 is 1.97 bits per heavy atom. The van der Waals surface area contributed by atoms with Crippen molar-refractivity contribution < 1.29 is 14.3 Å². The molecule has 11 heteroatoms. The van der Waals surface area contributed by atoms with Crippen LogP contribution in [0.1, 0.15) is 32.1 Å². The highest BCUT2D eigenvalue weighted by Crippen LogP contribution is 2.28. The maximum atomic E-state index is 13.5. The molecule has 0 amide bonds. The molecule has 0 aliphatic carbocycles. The van der Waals surface area contributed by atoms with Crippen molar-refractivity contribution in [3.05, 3.63) is 41.6 Å². The van der Waals surface area contributed by atoms with Crippen LogP contribution in [0.3, 0.4) is 0 Å². The van der Waals surface area contributed by atoms with Crippen molar-refractivity contribution in [1.82, 2.24) is 24.8 Å². The number of nitrogens with one attached hydrogen (secondary N) is 1. The topological polar surface area (TPSA) is 107 Å². The summed E-state index contributed by atoms with van der Waals surface area (Å²) in [7, 11) is 0. The van der Waals surface area contributed by atoms with Gasteiger partial charge in [-0.3, -0.25) is 9.69 Å². The van der Waals surface area contributed by atoms with Crippen molar-refractivity contribution in [2.45, 2.75) is 38.1 Å². The lowest BCUT2D eigenvalue weighted by molar-refractivity contribution is -0.144. The van der Waals surface area contributed by atoms with Crippen LogP contribution in [0.4, 0.5) is 21.8 Å². The number of benzene rings is 1. The molecule has 0 saturated carbocycles. The average Bonchev–Trinajstić information content (AvgIpc) is 2.87. The number of carbonyl (C=O) groups is 1. The Morgan fingerprint density at radius 3 is 2.74 bits per heavy atom. The van der Waals surface area contributed by atoms with Gasteiger partial charge in [0.05, 0.1) is 11.2 Å².